The number of amides is 2. The number of halogens is 3. The van der Waals surface area contributed by atoms with Gasteiger partial charge in [-0.2, -0.15) is 13.2 Å². The van der Waals surface area contributed by atoms with E-state index in [1.54, 1.807) is 24.3 Å². The largest absolute Gasteiger partial charge is 0.416 e. The van der Waals surface area contributed by atoms with Crippen molar-refractivity contribution in [3.63, 3.8) is 0 Å². The van der Waals surface area contributed by atoms with Gasteiger partial charge in [0.1, 0.15) is 0 Å². The van der Waals surface area contributed by atoms with Crippen LogP contribution >= 0.6 is 0 Å². The number of alkyl halides is 3. The number of benzene rings is 3. The molecule has 0 radical (unpaired) electrons. The van der Waals surface area contributed by atoms with E-state index < -0.39 is 17.6 Å². The molecule has 0 bridgehead atoms. The van der Waals surface area contributed by atoms with Crippen molar-refractivity contribution in [2.45, 2.75) is 12.7 Å². The Labute approximate surface area is 171 Å². The normalized spacial score (nSPS) is 11.0. The van der Waals surface area contributed by atoms with Crippen LogP contribution in [-0.2, 0) is 17.5 Å². The highest BCUT2D eigenvalue weighted by atomic mass is 19.4. The van der Waals surface area contributed by atoms with Gasteiger partial charge in [0.2, 0.25) is 5.91 Å². The highest BCUT2D eigenvalue weighted by molar-refractivity contribution is 5.97. The van der Waals surface area contributed by atoms with Crippen LogP contribution in [0.2, 0.25) is 0 Å². The maximum Gasteiger partial charge on any atom is 0.416 e. The van der Waals surface area contributed by atoms with Crippen LogP contribution < -0.4 is 10.6 Å². The summed E-state index contributed by atoms with van der Waals surface area (Å²) in [7, 11) is 0. The molecular formula is C23H19F3N2O2. The molecule has 2 N–H and O–H groups in total. The molecule has 7 heteroatoms. The Morgan fingerprint density at radius 2 is 1.47 bits per heavy atom. The van der Waals surface area contributed by atoms with Gasteiger partial charge in [-0.05, 0) is 41.0 Å². The van der Waals surface area contributed by atoms with Gasteiger partial charge in [-0.25, -0.2) is 0 Å². The number of carbonyl (C=O) groups excluding carboxylic acids is 2. The predicted octanol–water partition coefficient (Wildman–Crippen LogP) is 4.42. The maximum atomic E-state index is 12.7. The Morgan fingerprint density at radius 1 is 0.767 bits per heavy atom. The first-order valence-corrected chi connectivity index (χ1v) is 9.19. The minimum atomic E-state index is -4.40. The fraction of sp³-hybridized carbons (Fsp3) is 0.130. The zero-order valence-electron chi connectivity index (χ0n) is 15.9. The van der Waals surface area contributed by atoms with E-state index in [-0.39, 0.29) is 12.5 Å². The van der Waals surface area contributed by atoms with Crippen LogP contribution in [0.5, 0.6) is 0 Å². The summed E-state index contributed by atoms with van der Waals surface area (Å²) in [6.45, 7) is 0.176. The van der Waals surface area contributed by atoms with Crippen molar-refractivity contribution in [3.8, 4) is 11.1 Å². The lowest BCUT2D eigenvalue weighted by atomic mass is 10.0. The molecule has 0 aromatic heterocycles. The summed E-state index contributed by atoms with van der Waals surface area (Å²) in [4.78, 5) is 24.3. The third-order valence-electron chi connectivity index (χ3n) is 4.41. The number of hydrogen-bond donors (Lipinski definition) is 2. The Balaban J connectivity index is 1.58. The van der Waals surface area contributed by atoms with E-state index in [1.807, 2.05) is 30.3 Å². The molecule has 0 spiro atoms. The second kappa shape index (κ2) is 9.26. The smallest absolute Gasteiger partial charge is 0.350 e. The summed E-state index contributed by atoms with van der Waals surface area (Å²) in [5, 5.41) is 5.26. The van der Waals surface area contributed by atoms with Crippen molar-refractivity contribution in [1.29, 1.82) is 0 Å². The average molecular weight is 412 g/mol. The Kier molecular flexibility index (Phi) is 6.51. The van der Waals surface area contributed by atoms with Crippen LogP contribution in [0.3, 0.4) is 0 Å². The third kappa shape index (κ3) is 5.70. The fourth-order valence-corrected chi connectivity index (χ4v) is 2.81. The second-order valence-corrected chi connectivity index (χ2v) is 6.60. The lowest BCUT2D eigenvalue weighted by Gasteiger charge is -2.10. The summed E-state index contributed by atoms with van der Waals surface area (Å²) in [5.41, 5.74) is 1.68. The van der Waals surface area contributed by atoms with Gasteiger partial charge in [-0.1, -0.05) is 54.6 Å². The van der Waals surface area contributed by atoms with Gasteiger partial charge in [0.05, 0.1) is 12.1 Å². The number of nitrogens with one attached hydrogen (secondary N) is 2. The van der Waals surface area contributed by atoms with Gasteiger partial charge in [-0.3, -0.25) is 9.59 Å². The summed E-state index contributed by atoms with van der Waals surface area (Å²) in [6.07, 6.45) is -4.40. The van der Waals surface area contributed by atoms with E-state index in [9.17, 15) is 22.8 Å². The van der Waals surface area contributed by atoms with Gasteiger partial charge in [0, 0.05) is 12.1 Å². The molecule has 30 heavy (non-hydrogen) atoms. The number of carbonyl (C=O) groups is 2. The van der Waals surface area contributed by atoms with Crippen molar-refractivity contribution in [3.05, 3.63) is 95.6 Å². The summed E-state index contributed by atoms with van der Waals surface area (Å²) < 4.78 is 38.1. The van der Waals surface area contributed by atoms with Crippen LogP contribution in [0, 0.1) is 0 Å². The molecule has 0 aliphatic carbocycles. The van der Waals surface area contributed by atoms with Crippen LogP contribution in [-0.4, -0.2) is 18.4 Å². The minimum Gasteiger partial charge on any atom is -0.350 e. The highest BCUT2D eigenvalue weighted by Gasteiger charge is 2.29. The molecule has 4 nitrogen and oxygen atoms in total. The fourth-order valence-electron chi connectivity index (χ4n) is 2.81. The van der Waals surface area contributed by atoms with E-state index in [2.05, 4.69) is 10.6 Å². The molecule has 0 heterocycles. The molecule has 0 fully saturated rings. The van der Waals surface area contributed by atoms with Crippen LogP contribution in [0.4, 0.5) is 13.2 Å². The van der Waals surface area contributed by atoms with E-state index >= 15 is 0 Å². The van der Waals surface area contributed by atoms with Gasteiger partial charge < -0.3 is 10.6 Å². The molecule has 0 aliphatic heterocycles. The predicted molar refractivity (Wildman–Crippen MR) is 108 cm³/mol. The molecule has 0 saturated heterocycles. The molecular weight excluding hydrogens is 393 g/mol. The maximum absolute atomic E-state index is 12.7. The zero-order valence-corrected chi connectivity index (χ0v) is 15.9. The Bertz CT molecular complexity index is 1020. The van der Waals surface area contributed by atoms with Gasteiger partial charge in [-0.15, -0.1) is 0 Å². The molecule has 0 atom stereocenters. The molecule has 3 aromatic rings. The number of rotatable bonds is 6. The average Bonchev–Trinajstić information content (AvgIpc) is 2.76. The van der Waals surface area contributed by atoms with Crippen LogP contribution in [0.1, 0.15) is 21.5 Å². The van der Waals surface area contributed by atoms with E-state index in [0.29, 0.717) is 23.2 Å². The van der Waals surface area contributed by atoms with Gasteiger partial charge in [0.25, 0.3) is 5.91 Å². The SMILES string of the molecule is O=C(CNC(=O)c1cccc(-c2ccc(C(F)(F)F)cc2)c1)NCc1ccccc1. The first-order valence-electron chi connectivity index (χ1n) is 9.19. The molecule has 154 valence electrons. The molecule has 3 rings (SSSR count). The molecule has 0 aliphatic rings. The molecule has 0 unspecified atom stereocenters. The number of hydrogen-bond acceptors (Lipinski definition) is 2. The summed E-state index contributed by atoms with van der Waals surface area (Å²) >= 11 is 0. The van der Waals surface area contributed by atoms with Crippen molar-refractivity contribution in [2.75, 3.05) is 6.54 Å². The van der Waals surface area contributed by atoms with Crippen molar-refractivity contribution in [2.24, 2.45) is 0 Å². The molecule has 0 saturated carbocycles. The van der Waals surface area contributed by atoms with Crippen LogP contribution in [0.25, 0.3) is 11.1 Å². The topological polar surface area (TPSA) is 58.2 Å². The minimum absolute atomic E-state index is 0.184. The zero-order chi connectivity index (χ0) is 21.6. The van der Waals surface area contributed by atoms with Gasteiger partial charge >= 0.3 is 6.18 Å². The summed E-state index contributed by atoms with van der Waals surface area (Å²) in [6, 6.07) is 20.6. The van der Waals surface area contributed by atoms with Gasteiger partial charge in [0.15, 0.2) is 0 Å². The highest BCUT2D eigenvalue weighted by Crippen LogP contribution is 2.31. The van der Waals surface area contributed by atoms with Crippen molar-refractivity contribution >= 4 is 11.8 Å². The van der Waals surface area contributed by atoms with E-state index in [4.69, 9.17) is 0 Å². The van der Waals surface area contributed by atoms with Crippen molar-refractivity contribution < 1.29 is 22.8 Å². The monoisotopic (exact) mass is 412 g/mol. The standard InChI is InChI=1S/C23H19F3N2O2/c24-23(25,26)20-11-9-17(10-12-20)18-7-4-8-19(13-18)22(30)28-15-21(29)27-14-16-5-2-1-3-6-16/h1-13H,14-15H2,(H,27,29)(H,28,30). The quantitative estimate of drug-likeness (QED) is 0.630. The lowest BCUT2D eigenvalue weighted by molar-refractivity contribution is -0.137. The lowest BCUT2D eigenvalue weighted by Crippen LogP contribution is -2.36. The summed E-state index contributed by atoms with van der Waals surface area (Å²) in [5.74, 6) is -0.773. The second-order valence-electron chi connectivity index (χ2n) is 6.60. The van der Waals surface area contributed by atoms with Crippen molar-refractivity contribution in [1.82, 2.24) is 10.6 Å². The van der Waals surface area contributed by atoms with E-state index in [1.165, 1.54) is 12.1 Å². The first kappa shape index (κ1) is 21.1. The van der Waals surface area contributed by atoms with Crippen LogP contribution in [0.15, 0.2) is 78.9 Å². The molecule has 3 aromatic carbocycles. The Hall–Kier alpha value is -3.61. The first-order chi connectivity index (χ1) is 14.3. The molecule has 2 amide bonds. The third-order valence-corrected chi connectivity index (χ3v) is 4.41. The Morgan fingerprint density at radius 3 is 2.13 bits per heavy atom. The van der Waals surface area contributed by atoms with E-state index in [0.717, 1.165) is 17.7 Å².